The van der Waals surface area contributed by atoms with Gasteiger partial charge in [0.1, 0.15) is 23.9 Å². The molecule has 0 radical (unpaired) electrons. The number of carboxylic acids is 1. The molecule has 0 spiro atoms. The summed E-state index contributed by atoms with van der Waals surface area (Å²) >= 11 is 0. The van der Waals surface area contributed by atoms with Gasteiger partial charge >= 0.3 is 5.97 Å². The molecule has 4 nitrogen and oxygen atoms in total. The molecule has 0 aliphatic heterocycles. The normalized spacial score (nSPS) is 16.7. The van der Waals surface area contributed by atoms with Crippen LogP contribution < -0.4 is 9.47 Å². The number of hydrogen-bond acceptors (Lipinski definition) is 3. The lowest BCUT2D eigenvalue weighted by Gasteiger charge is -2.30. The molecule has 184 valence electrons. The SMILES string of the molecule is COc1ccc(F)c(-c2ccc(COc3cccc(CCC(=O)O)c3)cc2[C@@H]2CCCC2(C)C)c1. The van der Waals surface area contributed by atoms with Crippen molar-refractivity contribution in [1.82, 2.24) is 0 Å². The maximum atomic E-state index is 15.0. The molecule has 3 aromatic carbocycles. The van der Waals surface area contributed by atoms with Crippen LogP contribution in [0.4, 0.5) is 4.39 Å². The van der Waals surface area contributed by atoms with Crippen LogP contribution in [-0.4, -0.2) is 18.2 Å². The third-order valence-corrected chi connectivity index (χ3v) is 7.14. The minimum absolute atomic E-state index is 0.0896. The molecule has 5 heteroatoms. The molecular weight excluding hydrogens is 443 g/mol. The molecule has 0 unspecified atom stereocenters. The summed E-state index contributed by atoms with van der Waals surface area (Å²) in [6.07, 6.45) is 3.92. The van der Waals surface area contributed by atoms with Crippen LogP contribution in [0.15, 0.2) is 60.7 Å². The van der Waals surface area contributed by atoms with Crippen molar-refractivity contribution in [2.75, 3.05) is 7.11 Å². The van der Waals surface area contributed by atoms with E-state index in [0.29, 0.717) is 36.0 Å². The van der Waals surface area contributed by atoms with E-state index in [1.165, 1.54) is 6.07 Å². The molecule has 1 aliphatic carbocycles. The quantitative estimate of drug-likeness (QED) is 0.350. The molecule has 1 fully saturated rings. The van der Waals surface area contributed by atoms with Crippen LogP contribution in [0.5, 0.6) is 11.5 Å². The first-order chi connectivity index (χ1) is 16.8. The number of carbonyl (C=O) groups is 1. The Morgan fingerprint density at radius 3 is 2.57 bits per heavy atom. The van der Waals surface area contributed by atoms with E-state index in [1.54, 1.807) is 19.2 Å². The van der Waals surface area contributed by atoms with Gasteiger partial charge in [0, 0.05) is 12.0 Å². The first-order valence-corrected chi connectivity index (χ1v) is 12.2. The minimum atomic E-state index is -0.814. The highest BCUT2D eigenvalue weighted by Crippen LogP contribution is 2.51. The molecule has 0 amide bonds. The Morgan fingerprint density at radius 2 is 1.86 bits per heavy atom. The van der Waals surface area contributed by atoms with Crippen molar-refractivity contribution in [3.8, 4) is 22.6 Å². The molecule has 4 rings (SSSR count). The van der Waals surface area contributed by atoms with Gasteiger partial charge in [0.2, 0.25) is 0 Å². The van der Waals surface area contributed by atoms with Gasteiger partial charge in [-0.15, -0.1) is 0 Å². The van der Waals surface area contributed by atoms with Gasteiger partial charge in [-0.2, -0.15) is 0 Å². The van der Waals surface area contributed by atoms with Gasteiger partial charge in [-0.25, -0.2) is 4.39 Å². The van der Waals surface area contributed by atoms with Crippen molar-refractivity contribution in [3.63, 3.8) is 0 Å². The predicted molar refractivity (Wildman–Crippen MR) is 135 cm³/mol. The van der Waals surface area contributed by atoms with Gasteiger partial charge in [-0.1, -0.05) is 50.6 Å². The molecule has 0 saturated heterocycles. The zero-order valence-corrected chi connectivity index (χ0v) is 20.6. The summed E-state index contributed by atoms with van der Waals surface area (Å²) in [6, 6.07) is 18.6. The summed E-state index contributed by atoms with van der Waals surface area (Å²) in [6.45, 7) is 4.97. The van der Waals surface area contributed by atoms with Crippen molar-refractivity contribution in [1.29, 1.82) is 0 Å². The maximum absolute atomic E-state index is 15.0. The zero-order valence-electron chi connectivity index (χ0n) is 20.6. The highest BCUT2D eigenvalue weighted by atomic mass is 19.1. The van der Waals surface area contributed by atoms with E-state index in [1.807, 2.05) is 36.4 Å². The Bertz CT molecular complexity index is 1200. The number of halogens is 1. The smallest absolute Gasteiger partial charge is 0.303 e. The zero-order chi connectivity index (χ0) is 25.0. The van der Waals surface area contributed by atoms with Gasteiger partial charge in [-0.3, -0.25) is 4.79 Å². The molecule has 35 heavy (non-hydrogen) atoms. The van der Waals surface area contributed by atoms with Crippen LogP contribution in [0, 0.1) is 11.2 Å². The molecule has 0 aromatic heterocycles. The number of aliphatic carboxylic acids is 1. The predicted octanol–water partition coefficient (Wildman–Crippen LogP) is 7.39. The molecule has 1 N–H and O–H groups in total. The third kappa shape index (κ3) is 5.84. The van der Waals surface area contributed by atoms with E-state index < -0.39 is 5.97 Å². The maximum Gasteiger partial charge on any atom is 0.303 e. The average Bonchev–Trinajstić information content (AvgIpc) is 3.20. The molecule has 0 heterocycles. The van der Waals surface area contributed by atoms with E-state index in [-0.39, 0.29) is 17.7 Å². The first kappa shape index (κ1) is 24.8. The Morgan fingerprint density at radius 1 is 1.03 bits per heavy atom. The summed E-state index contributed by atoms with van der Waals surface area (Å²) in [7, 11) is 1.59. The Balaban J connectivity index is 1.64. The Hall–Kier alpha value is -3.34. The minimum Gasteiger partial charge on any atom is -0.497 e. The number of hydrogen-bond donors (Lipinski definition) is 1. The number of ether oxygens (including phenoxy) is 2. The van der Waals surface area contributed by atoms with Gasteiger partial charge in [0.25, 0.3) is 0 Å². The molecular formula is C30H33FO4. The Labute approximate surface area is 206 Å². The molecule has 1 atom stereocenters. The second kappa shape index (κ2) is 10.5. The standard InChI is InChI=1S/C30H33FO4/c1-30(2)15-5-8-27(30)25-17-21(9-12-24(25)26-18-22(34-3)11-13-28(26)31)19-35-23-7-4-6-20(16-23)10-14-29(32)33/h4,6-7,9,11-13,16-18,27H,5,8,10,14-15,19H2,1-3H3,(H,32,33)/t27-/m0/s1. The van der Waals surface area contributed by atoms with Crippen LogP contribution in [-0.2, 0) is 17.8 Å². The van der Waals surface area contributed by atoms with Crippen LogP contribution in [0.25, 0.3) is 11.1 Å². The fraction of sp³-hybridized carbons (Fsp3) is 0.367. The van der Waals surface area contributed by atoms with E-state index in [0.717, 1.165) is 41.5 Å². The van der Waals surface area contributed by atoms with Gasteiger partial charge in [-0.05, 0) is 83.2 Å². The van der Waals surface area contributed by atoms with Gasteiger partial charge in [0.05, 0.1) is 7.11 Å². The number of benzene rings is 3. The number of carboxylic acid groups (broad SMARTS) is 1. The van der Waals surface area contributed by atoms with Gasteiger partial charge < -0.3 is 14.6 Å². The van der Waals surface area contributed by atoms with Crippen molar-refractivity contribution in [2.24, 2.45) is 5.41 Å². The lowest BCUT2D eigenvalue weighted by atomic mass is 9.75. The van der Waals surface area contributed by atoms with E-state index in [9.17, 15) is 9.18 Å². The second-order valence-electron chi connectivity index (χ2n) is 10.0. The first-order valence-electron chi connectivity index (χ1n) is 12.2. The lowest BCUT2D eigenvalue weighted by molar-refractivity contribution is -0.136. The van der Waals surface area contributed by atoms with Crippen molar-refractivity contribution in [2.45, 2.75) is 58.5 Å². The van der Waals surface area contributed by atoms with Crippen molar-refractivity contribution >= 4 is 5.97 Å². The highest BCUT2D eigenvalue weighted by molar-refractivity contribution is 5.71. The summed E-state index contributed by atoms with van der Waals surface area (Å²) < 4.78 is 26.4. The summed E-state index contributed by atoms with van der Waals surface area (Å²) in [5, 5.41) is 8.94. The summed E-state index contributed by atoms with van der Waals surface area (Å²) in [5.41, 5.74) is 4.69. The van der Waals surface area contributed by atoms with E-state index in [4.69, 9.17) is 14.6 Å². The van der Waals surface area contributed by atoms with Crippen LogP contribution >= 0.6 is 0 Å². The molecule has 0 bridgehead atoms. The van der Waals surface area contributed by atoms with E-state index in [2.05, 4.69) is 19.9 Å². The number of rotatable bonds is 9. The fourth-order valence-corrected chi connectivity index (χ4v) is 5.19. The molecule has 1 saturated carbocycles. The molecule has 3 aromatic rings. The number of methoxy groups -OCH3 is 1. The molecule has 1 aliphatic rings. The van der Waals surface area contributed by atoms with Crippen molar-refractivity contribution in [3.05, 3.63) is 83.2 Å². The summed E-state index contributed by atoms with van der Waals surface area (Å²) in [5.74, 6) is 0.588. The monoisotopic (exact) mass is 476 g/mol. The Kier molecular flexibility index (Phi) is 7.44. The van der Waals surface area contributed by atoms with Gasteiger partial charge in [0.15, 0.2) is 0 Å². The largest absolute Gasteiger partial charge is 0.497 e. The summed E-state index contributed by atoms with van der Waals surface area (Å²) in [4.78, 5) is 10.9. The van der Waals surface area contributed by atoms with Crippen LogP contribution in [0.3, 0.4) is 0 Å². The topological polar surface area (TPSA) is 55.8 Å². The average molecular weight is 477 g/mol. The van der Waals surface area contributed by atoms with Crippen LogP contribution in [0.2, 0.25) is 0 Å². The van der Waals surface area contributed by atoms with Crippen molar-refractivity contribution < 1.29 is 23.8 Å². The highest BCUT2D eigenvalue weighted by Gasteiger charge is 2.37. The number of aryl methyl sites for hydroxylation is 1. The fourth-order valence-electron chi connectivity index (χ4n) is 5.19. The third-order valence-electron chi connectivity index (χ3n) is 7.14. The second-order valence-corrected chi connectivity index (χ2v) is 10.0. The van der Waals surface area contributed by atoms with E-state index >= 15 is 0 Å². The van der Waals surface area contributed by atoms with Crippen LogP contribution in [0.1, 0.15) is 62.1 Å². The lowest BCUT2D eigenvalue weighted by Crippen LogP contribution is -2.17.